The number of nitrogens with zero attached hydrogens (tertiary/aromatic N) is 1. The molecule has 0 bridgehead atoms. The van der Waals surface area contributed by atoms with Crippen LogP contribution in [0.25, 0.3) is 0 Å². The van der Waals surface area contributed by atoms with Crippen LogP contribution in [0.1, 0.15) is 25.8 Å². The first-order valence-electron chi connectivity index (χ1n) is 7.30. The lowest BCUT2D eigenvalue weighted by Crippen LogP contribution is -2.50. The van der Waals surface area contributed by atoms with Gasteiger partial charge in [-0.2, -0.15) is 0 Å². The molecular formula is C16H25N3O2. The van der Waals surface area contributed by atoms with Crippen molar-refractivity contribution in [2.45, 2.75) is 38.8 Å². The van der Waals surface area contributed by atoms with Crippen LogP contribution in [0, 0.1) is 0 Å². The molecular weight excluding hydrogens is 266 g/mol. The molecule has 0 aliphatic carbocycles. The van der Waals surface area contributed by atoms with Gasteiger partial charge >= 0.3 is 0 Å². The van der Waals surface area contributed by atoms with E-state index in [2.05, 4.69) is 5.32 Å². The summed E-state index contributed by atoms with van der Waals surface area (Å²) in [7, 11) is 1.71. The monoisotopic (exact) mass is 291 g/mol. The number of amides is 2. The Morgan fingerprint density at radius 1 is 1.29 bits per heavy atom. The fourth-order valence-electron chi connectivity index (χ4n) is 1.97. The number of carbonyl (C=O) groups is 2. The lowest BCUT2D eigenvalue weighted by Gasteiger charge is -2.22. The molecule has 0 saturated carbocycles. The molecule has 0 aliphatic heterocycles. The molecule has 1 unspecified atom stereocenters. The first-order valence-corrected chi connectivity index (χ1v) is 7.30. The molecule has 0 saturated heterocycles. The summed E-state index contributed by atoms with van der Waals surface area (Å²) in [5.41, 5.74) is 7.03. The fraction of sp³-hybridized carbons (Fsp3) is 0.500. The number of likely N-dealkylation sites (N-methyl/N-ethyl adjacent to an activating group) is 1. The number of nitrogens with one attached hydrogen (secondary N) is 1. The lowest BCUT2D eigenvalue weighted by molar-refractivity contribution is -0.135. The molecule has 0 heterocycles. The first kappa shape index (κ1) is 17.2. The third kappa shape index (κ3) is 5.55. The Labute approximate surface area is 126 Å². The Morgan fingerprint density at radius 3 is 2.48 bits per heavy atom. The molecule has 2 atom stereocenters. The van der Waals surface area contributed by atoms with Crippen LogP contribution in [0.4, 0.5) is 0 Å². The van der Waals surface area contributed by atoms with Crippen LogP contribution < -0.4 is 11.1 Å². The van der Waals surface area contributed by atoms with E-state index in [0.717, 1.165) is 12.0 Å². The molecule has 5 heteroatoms. The summed E-state index contributed by atoms with van der Waals surface area (Å²) in [6, 6.07) is 8.73. The topological polar surface area (TPSA) is 75.4 Å². The molecule has 0 radical (unpaired) electrons. The second kappa shape index (κ2) is 8.42. The van der Waals surface area contributed by atoms with Crippen molar-refractivity contribution in [2.24, 2.45) is 5.73 Å². The van der Waals surface area contributed by atoms with E-state index in [9.17, 15) is 9.59 Å². The zero-order chi connectivity index (χ0) is 15.8. The van der Waals surface area contributed by atoms with E-state index in [0.29, 0.717) is 13.0 Å². The zero-order valence-corrected chi connectivity index (χ0v) is 13.0. The molecule has 116 valence electrons. The number of carbonyl (C=O) groups excluding carboxylic acids is 2. The maximum absolute atomic E-state index is 12.0. The average molecular weight is 291 g/mol. The minimum absolute atomic E-state index is 0.110. The normalized spacial score (nSPS) is 13.3. The summed E-state index contributed by atoms with van der Waals surface area (Å²) in [5, 5.41) is 2.68. The van der Waals surface area contributed by atoms with Gasteiger partial charge in [-0.1, -0.05) is 30.3 Å². The predicted molar refractivity (Wildman–Crippen MR) is 83.7 cm³/mol. The molecule has 0 aliphatic rings. The quantitative estimate of drug-likeness (QED) is 0.784. The van der Waals surface area contributed by atoms with Crippen molar-refractivity contribution < 1.29 is 9.59 Å². The maximum atomic E-state index is 12.0. The Kier molecular flexibility index (Phi) is 6.88. The van der Waals surface area contributed by atoms with Crippen molar-refractivity contribution in [3.63, 3.8) is 0 Å². The van der Waals surface area contributed by atoms with Crippen molar-refractivity contribution in [3.8, 4) is 0 Å². The van der Waals surface area contributed by atoms with Crippen LogP contribution in [-0.2, 0) is 16.0 Å². The third-order valence-electron chi connectivity index (χ3n) is 3.50. The van der Waals surface area contributed by atoms with Crippen molar-refractivity contribution in [1.82, 2.24) is 10.2 Å². The maximum Gasteiger partial charge on any atom is 0.244 e. The molecule has 0 spiro atoms. The average Bonchev–Trinajstić information content (AvgIpc) is 2.51. The number of hydrogen-bond donors (Lipinski definition) is 2. The van der Waals surface area contributed by atoms with Gasteiger partial charge in [-0.25, -0.2) is 0 Å². The highest BCUT2D eigenvalue weighted by molar-refractivity contribution is 5.89. The summed E-state index contributed by atoms with van der Waals surface area (Å²) in [6.45, 7) is 4.17. The first-order chi connectivity index (χ1) is 9.95. The molecule has 1 rings (SSSR count). The van der Waals surface area contributed by atoms with Gasteiger partial charge in [0.25, 0.3) is 0 Å². The van der Waals surface area contributed by atoms with Crippen molar-refractivity contribution in [2.75, 3.05) is 13.6 Å². The Morgan fingerprint density at radius 2 is 1.90 bits per heavy atom. The summed E-state index contributed by atoms with van der Waals surface area (Å²) < 4.78 is 0. The number of aryl methyl sites for hydroxylation is 1. The van der Waals surface area contributed by atoms with Crippen molar-refractivity contribution >= 4 is 11.8 Å². The largest absolute Gasteiger partial charge is 0.344 e. The molecule has 1 aromatic rings. The third-order valence-corrected chi connectivity index (χ3v) is 3.50. The van der Waals surface area contributed by atoms with Crippen LogP contribution in [0.3, 0.4) is 0 Å². The van der Waals surface area contributed by atoms with Crippen LogP contribution in [0.5, 0.6) is 0 Å². The number of nitrogens with two attached hydrogens (primary N) is 1. The van der Waals surface area contributed by atoms with Gasteiger partial charge in [0.05, 0.1) is 6.04 Å². The second-order valence-electron chi connectivity index (χ2n) is 5.21. The Balaban J connectivity index is 2.42. The van der Waals surface area contributed by atoms with Crippen LogP contribution in [0.2, 0.25) is 0 Å². The van der Waals surface area contributed by atoms with Gasteiger partial charge in [0.1, 0.15) is 6.04 Å². The van der Waals surface area contributed by atoms with Gasteiger partial charge in [-0.3, -0.25) is 9.59 Å². The molecule has 2 amide bonds. The smallest absolute Gasteiger partial charge is 0.244 e. The molecule has 0 aromatic heterocycles. The number of benzene rings is 1. The second-order valence-corrected chi connectivity index (χ2v) is 5.21. The van der Waals surface area contributed by atoms with Crippen LogP contribution in [0.15, 0.2) is 30.3 Å². The van der Waals surface area contributed by atoms with E-state index in [1.807, 2.05) is 37.3 Å². The van der Waals surface area contributed by atoms with Gasteiger partial charge < -0.3 is 16.0 Å². The predicted octanol–water partition coefficient (Wildman–Crippen LogP) is 0.930. The van der Waals surface area contributed by atoms with E-state index >= 15 is 0 Å². The van der Waals surface area contributed by atoms with Gasteiger partial charge in [-0.15, -0.1) is 0 Å². The van der Waals surface area contributed by atoms with Gasteiger partial charge in [0.15, 0.2) is 0 Å². The van der Waals surface area contributed by atoms with Crippen molar-refractivity contribution in [3.05, 3.63) is 35.9 Å². The highest BCUT2D eigenvalue weighted by Gasteiger charge is 2.21. The van der Waals surface area contributed by atoms with Gasteiger partial charge in [-0.05, 0) is 32.3 Å². The lowest BCUT2D eigenvalue weighted by atomic mass is 10.1. The van der Waals surface area contributed by atoms with Gasteiger partial charge in [0, 0.05) is 13.6 Å². The zero-order valence-electron chi connectivity index (χ0n) is 13.0. The summed E-state index contributed by atoms with van der Waals surface area (Å²) in [4.78, 5) is 25.4. The van der Waals surface area contributed by atoms with Crippen LogP contribution in [-0.4, -0.2) is 42.4 Å². The molecule has 3 N–H and O–H groups in total. The molecule has 0 fully saturated rings. The van der Waals surface area contributed by atoms with E-state index < -0.39 is 12.1 Å². The minimum atomic E-state index is -0.604. The van der Waals surface area contributed by atoms with E-state index in [-0.39, 0.29) is 11.8 Å². The molecule has 21 heavy (non-hydrogen) atoms. The van der Waals surface area contributed by atoms with E-state index in [1.165, 1.54) is 0 Å². The van der Waals surface area contributed by atoms with Gasteiger partial charge in [0.2, 0.25) is 11.8 Å². The van der Waals surface area contributed by atoms with E-state index in [1.54, 1.807) is 18.9 Å². The Hall–Kier alpha value is -1.88. The number of rotatable bonds is 7. The fourth-order valence-corrected chi connectivity index (χ4v) is 1.97. The van der Waals surface area contributed by atoms with Crippen molar-refractivity contribution in [1.29, 1.82) is 0 Å². The molecule has 5 nitrogen and oxygen atoms in total. The van der Waals surface area contributed by atoms with Crippen LogP contribution >= 0.6 is 0 Å². The Bertz CT molecular complexity index is 462. The van der Waals surface area contributed by atoms with E-state index in [4.69, 9.17) is 5.73 Å². The minimum Gasteiger partial charge on any atom is -0.344 e. The summed E-state index contributed by atoms with van der Waals surface area (Å²) >= 11 is 0. The number of hydrogen-bond acceptors (Lipinski definition) is 3. The standard InChI is InChI=1S/C16H25N3O2/c1-4-19(3)16(21)12(2)18-15(20)14(17)11-10-13-8-6-5-7-9-13/h5-9,12,14H,4,10-11,17H2,1-3H3,(H,18,20)/t12?,14-/m0/s1. The summed E-state index contributed by atoms with van der Waals surface area (Å²) in [6.07, 6.45) is 1.30. The summed E-state index contributed by atoms with van der Waals surface area (Å²) in [5.74, 6) is -0.391. The molecule has 1 aromatic carbocycles. The highest BCUT2D eigenvalue weighted by Crippen LogP contribution is 2.04. The highest BCUT2D eigenvalue weighted by atomic mass is 16.2. The SMILES string of the molecule is CCN(C)C(=O)C(C)NC(=O)[C@@H](N)CCc1ccccc1.